The highest BCUT2D eigenvalue weighted by Gasteiger charge is 2.19. The van der Waals surface area contributed by atoms with Gasteiger partial charge in [0.25, 0.3) is 0 Å². The van der Waals surface area contributed by atoms with Gasteiger partial charge in [-0.3, -0.25) is 4.79 Å². The summed E-state index contributed by atoms with van der Waals surface area (Å²) in [7, 11) is 0. The Hall–Kier alpha value is -2.10. The second-order valence-electron chi connectivity index (χ2n) is 4.49. The van der Waals surface area contributed by atoms with Gasteiger partial charge >= 0.3 is 5.63 Å². The van der Waals surface area contributed by atoms with Gasteiger partial charge in [0.2, 0.25) is 0 Å². The van der Waals surface area contributed by atoms with E-state index in [0.29, 0.717) is 11.8 Å². The van der Waals surface area contributed by atoms with Crippen LogP contribution in [0.5, 0.6) is 5.75 Å². The Labute approximate surface area is 110 Å². The summed E-state index contributed by atoms with van der Waals surface area (Å²) in [6, 6.07) is 6.62. The van der Waals surface area contributed by atoms with Crippen LogP contribution in [0, 0.1) is 0 Å². The Balaban J connectivity index is 2.43. The normalized spacial score (nSPS) is 10.8. The first kappa shape index (κ1) is 13.3. The number of para-hydroxylation sites is 1. The molecule has 0 fully saturated rings. The SMILES string of the molecule is CCCCCC(=O)c1c(O)c2ccccc2oc1=O. The number of hydrogen-bond acceptors (Lipinski definition) is 4. The van der Waals surface area contributed by atoms with Crippen molar-refractivity contribution in [1.29, 1.82) is 0 Å². The van der Waals surface area contributed by atoms with E-state index < -0.39 is 5.63 Å². The highest BCUT2D eigenvalue weighted by Crippen LogP contribution is 2.26. The van der Waals surface area contributed by atoms with E-state index in [1.165, 1.54) is 0 Å². The predicted octanol–water partition coefficient (Wildman–Crippen LogP) is 3.26. The van der Waals surface area contributed by atoms with Gasteiger partial charge in [0.1, 0.15) is 16.9 Å². The maximum atomic E-state index is 12.0. The van der Waals surface area contributed by atoms with Gasteiger partial charge in [0.05, 0.1) is 5.39 Å². The molecular formula is C15H16O4. The third kappa shape index (κ3) is 2.67. The molecule has 19 heavy (non-hydrogen) atoms. The number of carbonyl (C=O) groups excluding carboxylic acids is 1. The zero-order chi connectivity index (χ0) is 13.8. The monoisotopic (exact) mass is 260 g/mol. The first-order chi connectivity index (χ1) is 9.15. The molecule has 0 radical (unpaired) electrons. The lowest BCUT2D eigenvalue weighted by atomic mass is 10.0. The Kier molecular flexibility index (Phi) is 4.00. The molecule has 1 aromatic carbocycles. The van der Waals surface area contributed by atoms with E-state index >= 15 is 0 Å². The average Bonchev–Trinajstić information content (AvgIpc) is 2.39. The Morgan fingerprint density at radius 3 is 2.74 bits per heavy atom. The molecule has 0 spiro atoms. The van der Waals surface area contributed by atoms with Crippen LogP contribution in [0.25, 0.3) is 11.0 Å². The van der Waals surface area contributed by atoms with Crippen LogP contribution in [0.1, 0.15) is 43.0 Å². The minimum Gasteiger partial charge on any atom is -0.506 e. The summed E-state index contributed by atoms with van der Waals surface area (Å²) in [6.07, 6.45) is 2.88. The summed E-state index contributed by atoms with van der Waals surface area (Å²) in [4.78, 5) is 23.8. The largest absolute Gasteiger partial charge is 0.506 e. The number of aromatic hydroxyl groups is 1. The van der Waals surface area contributed by atoms with Crippen molar-refractivity contribution < 1.29 is 14.3 Å². The van der Waals surface area contributed by atoms with E-state index in [1.54, 1.807) is 24.3 Å². The summed E-state index contributed by atoms with van der Waals surface area (Å²) >= 11 is 0. The van der Waals surface area contributed by atoms with Crippen LogP contribution in [0.4, 0.5) is 0 Å². The number of fused-ring (bicyclic) bond motifs is 1. The summed E-state index contributed by atoms with van der Waals surface area (Å²) < 4.78 is 5.06. The number of rotatable bonds is 5. The summed E-state index contributed by atoms with van der Waals surface area (Å²) in [5, 5.41) is 10.5. The Morgan fingerprint density at radius 2 is 2.00 bits per heavy atom. The molecule has 100 valence electrons. The van der Waals surface area contributed by atoms with Crippen LogP contribution < -0.4 is 5.63 Å². The number of ketones is 1. The lowest BCUT2D eigenvalue weighted by molar-refractivity contribution is 0.0973. The molecular weight excluding hydrogens is 244 g/mol. The molecule has 2 aromatic rings. The van der Waals surface area contributed by atoms with E-state index in [0.717, 1.165) is 12.8 Å². The van der Waals surface area contributed by atoms with Gasteiger partial charge in [0, 0.05) is 6.42 Å². The fraction of sp³-hybridized carbons (Fsp3) is 0.333. The molecule has 0 saturated heterocycles. The third-order valence-electron chi connectivity index (χ3n) is 3.07. The molecule has 1 aromatic heterocycles. The summed E-state index contributed by atoms with van der Waals surface area (Å²) in [5.41, 5.74) is -0.706. The van der Waals surface area contributed by atoms with Crippen LogP contribution >= 0.6 is 0 Å². The first-order valence-electron chi connectivity index (χ1n) is 6.43. The summed E-state index contributed by atoms with van der Waals surface area (Å²) in [6.45, 7) is 2.03. The maximum Gasteiger partial charge on any atom is 0.351 e. The van der Waals surface area contributed by atoms with E-state index in [9.17, 15) is 14.7 Å². The van der Waals surface area contributed by atoms with Gasteiger partial charge in [-0.1, -0.05) is 31.9 Å². The molecule has 0 aliphatic rings. The molecule has 0 unspecified atom stereocenters. The van der Waals surface area contributed by atoms with Crippen LogP contribution in [0.2, 0.25) is 0 Å². The van der Waals surface area contributed by atoms with Crippen molar-refractivity contribution in [2.75, 3.05) is 0 Å². The topological polar surface area (TPSA) is 67.5 Å². The van der Waals surface area contributed by atoms with Crippen LogP contribution in [0.15, 0.2) is 33.5 Å². The molecule has 0 bridgehead atoms. The second-order valence-corrected chi connectivity index (χ2v) is 4.49. The first-order valence-corrected chi connectivity index (χ1v) is 6.43. The smallest absolute Gasteiger partial charge is 0.351 e. The summed E-state index contributed by atoms with van der Waals surface area (Å²) in [5.74, 6) is -0.626. The molecule has 0 amide bonds. The van der Waals surface area contributed by atoms with E-state index in [1.807, 2.05) is 6.92 Å². The third-order valence-corrected chi connectivity index (χ3v) is 3.07. The molecule has 4 heteroatoms. The molecule has 0 saturated carbocycles. The van der Waals surface area contributed by atoms with Crippen molar-refractivity contribution in [2.45, 2.75) is 32.6 Å². The minimum atomic E-state index is -0.766. The van der Waals surface area contributed by atoms with Crippen molar-refractivity contribution in [1.82, 2.24) is 0 Å². The fourth-order valence-electron chi connectivity index (χ4n) is 2.04. The lowest BCUT2D eigenvalue weighted by Crippen LogP contribution is -2.14. The number of unbranched alkanes of at least 4 members (excludes halogenated alkanes) is 2. The van der Waals surface area contributed by atoms with E-state index in [4.69, 9.17) is 4.42 Å². The Bertz CT molecular complexity index is 655. The van der Waals surface area contributed by atoms with Gasteiger partial charge in [-0.2, -0.15) is 0 Å². The molecule has 0 aliphatic heterocycles. The van der Waals surface area contributed by atoms with E-state index in [2.05, 4.69) is 0 Å². The van der Waals surface area contributed by atoms with Crippen LogP contribution in [0.3, 0.4) is 0 Å². The molecule has 1 heterocycles. The molecule has 0 atom stereocenters. The van der Waals surface area contributed by atoms with Gasteiger partial charge < -0.3 is 9.52 Å². The molecule has 1 N–H and O–H groups in total. The van der Waals surface area contributed by atoms with E-state index in [-0.39, 0.29) is 29.1 Å². The van der Waals surface area contributed by atoms with Crippen molar-refractivity contribution in [3.8, 4) is 5.75 Å². The predicted molar refractivity (Wildman–Crippen MR) is 72.6 cm³/mol. The van der Waals surface area contributed by atoms with Crippen molar-refractivity contribution >= 4 is 16.8 Å². The quantitative estimate of drug-likeness (QED) is 0.509. The zero-order valence-electron chi connectivity index (χ0n) is 10.8. The Morgan fingerprint density at radius 1 is 1.26 bits per heavy atom. The zero-order valence-corrected chi connectivity index (χ0v) is 10.8. The molecule has 4 nitrogen and oxygen atoms in total. The van der Waals surface area contributed by atoms with Crippen molar-refractivity contribution in [3.63, 3.8) is 0 Å². The lowest BCUT2D eigenvalue weighted by Gasteiger charge is -2.05. The number of benzene rings is 1. The average molecular weight is 260 g/mol. The number of Topliss-reactive ketones (excluding diaryl/α,β-unsaturated/α-hetero) is 1. The van der Waals surface area contributed by atoms with Crippen molar-refractivity contribution in [3.05, 3.63) is 40.2 Å². The fourth-order valence-corrected chi connectivity index (χ4v) is 2.04. The highest BCUT2D eigenvalue weighted by atomic mass is 16.4. The van der Waals surface area contributed by atoms with Crippen molar-refractivity contribution in [2.24, 2.45) is 0 Å². The number of carbonyl (C=O) groups is 1. The maximum absolute atomic E-state index is 12.0. The minimum absolute atomic E-state index is 0.227. The van der Waals surface area contributed by atoms with Gasteiger partial charge in [-0.15, -0.1) is 0 Å². The second kappa shape index (κ2) is 5.69. The van der Waals surface area contributed by atoms with Crippen LogP contribution in [-0.4, -0.2) is 10.9 Å². The van der Waals surface area contributed by atoms with Gasteiger partial charge in [0.15, 0.2) is 5.78 Å². The number of hydrogen-bond donors (Lipinski definition) is 1. The van der Waals surface area contributed by atoms with Gasteiger partial charge in [-0.25, -0.2) is 4.79 Å². The molecule has 2 rings (SSSR count). The highest BCUT2D eigenvalue weighted by molar-refractivity contribution is 6.02. The standard InChI is InChI=1S/C15H16O4/c1-2-3-4-8-11(16)13-14(17)10-7-5-6-9-12(10)19-15(13)18/h5-7,9,17H,2-4,8H2,1H3. The van der Waals surface area contributed by atoms with Gasteiger partial charge in [-0.05, 0) is 18.6 Å². The molecule has 0 aliphatic carbocycles. The van der Waals surface area contributed by atoms with Crippen LogP contribution in [-0.2, 0) is 0 Å².